The van der Waals surface area contributed by atoms with Gasteiger partial charge in [0.1, 0.15) is 18.2 Å². The first kappa shape index (κ1) is 23.6. The van der Waals surface area contributed by atoms with Gasteiger partial charge >= 0.3 is 0 Å². The van der Waals surface area contributed by atoms with Crippen molar-refractivity contribution < 1.29 is 9.53 Å². The van der Waals surface area contributed by atoms with Crippen LogP contribution in [0.5, 0.6) is 5.75 Å². The Bertz CT molecular complexity index is 1880. The smallest absolute Gasteiger partial charge is 0.255 e. The number of nitrogens with zero attached hydrogens (tertiary/aromatic N) is 6. The van der Waals surface area contributed by atoms with Gasteiger partial charge in [0.2, 0.25) is 0 Å². The van der Waals surface area contributed by atoms with Crippen molar-refractivity contribution in [3.05, 3.63) is 76.2 Å². The van der Waals surface area contributed by atoms with E-state index in [-0.39, 0.29) is 11.9 Å². The molecule has 1 aliphatic carbocycles. The maximum atomic E-state index is 13.7. The van der Waals surface area contributed by atoms with E-state index in [4.69, 9.17) is 22.1 Å². The summed E-state index contributed by atoms with van der Waals surface area (Å²) in [4.78, 5) is 19.8. The van der Waals surface area contributed by atoms with Crippen molar-refractivity contribution in [2.45, 2.75) is 24.9 Å². The van der Waals surface area contributed by atoms with Gasteiger partial charge in [-0.1, -0.05) is 29.5 Å². The van der Waals surface area contributed by atoms with Crippen LogP contribution in [0, 0.1) is 11.8 Å². The molecule has 2 aromatic carbocycles. The molecule has 1 fully saturated rings. The molecule has 0 saturated heterocycles. The van der Waals surface area contributed by atoms with Gasteiger partial charge < -0.3 is 15.4 Å². The van der Waals surface area contributed by atoms with Crippen molar-refractivity contribution in [1.82, 2.24) is 29.4 Å². The number of hydrogen-bond acceptors (Lipinski definition) is 6. The number of aryl methyl sites for hydroxylation is 1. The highest BCUT2D eigenvalue weighted by atomic mass is 35.5. The van der Waals surface area contributed by atoms with Gasteiger partial charge in [0, 0.05) is 36.8 Å². The van der Waals surface area contributed by atoms with E-state index in [1.807, 2.05) is 36.1 Å². The predicted molar refractivity (Wildman–Crippen MR) is 149 cm³/mol. The number of rotatable bonds is 3. The minimum atomic E-state index is -0.265. The lowest BCUT2D eigenvalue weighted by Crippen LogP contribution is -2.32. The molecule has 2 aliphatic rings. The number of pyridine rings is 1. The quantitative estimate of drug-likeness (QED) is 0.340. The molecule has 1 aliphatic heterocycles. The summed E-state index contributed by atoms with van der Waals surface area (Å²) in [5.74, 6) is 7.26. The number of carbonyl (C=O) groups excluding carboxylic acids is 1. The summed E-state index contributed by atoms with van der Waals surface area (Å²) in [7, 11) is 3.59. The standard InChI is InChI=1S/C29H24ClN7O2/c1-35(29(38)20-10-21-24(11-23(20)30)34-28(31)22-13-32-36(2)27(21)22)25-15-39-26-9-16(5-8-19(25)26)3-4-17-12-33-37(14-17)18-6-7-18/h5,8-14,18,25H,6-7,15H2,1-2H3,(H2,31,34)/t25-/m1/s1. The van der Waals surface area contributed by atoms with Crippen molar-refractivity contribution in [2.75, 3.05) is 19.4 Å². The fourth-order valence-electron chi connectivity index (χ4n) is 5.15. The molecule has 0 radical (unpaired) electrons. The van der Waals surface area contributed by atoms with Gasteiger partial charge in [-0.2, -0.15) is 10.2 Å². The summed E-state index contributed by atoms with van der Waals surface area (Å²) in [6, 6.07) is 9.57. The van der Waals surface area contributed by atoms with Gasteiger partial charge in [-0.25, -0.2) is 4.98 Å². The number of hydrogen-bond donors (Lipinski definition) is 1. The summed E-state index contributed by atoms with van der Waals surface area (Å²) < 4.78 is 9.70. The average Bonchev–Trinajstić information content (AvgIpc) is 3.32. The number of amides is 1. The number of aromatic nitrogens is 5. The van der Waals surface area contributed by atoms with E-state index in [1.165, 1.54) is 12.8 Å². The Labute approximate surface area is 229 Å². The minimum absolute atomic E-state index is 0.216. The van der Waals surface area contributed by atoms with Crippen LogP contribution in [0.15, 0.2) is 48.9 Å². The van der Waals surface area contributed by atoms with E-state index in [2.05, 4.69) is 27.0 Å². The highest BCUT2D eigenvalue weighted by Gasteiger charge is 2.32. The van der Waals surface area contributed by atoms with Crippen LogP contribution in [0.1, 0.15) is 52.0 Å². The third-order valence-electron chi connectivity index (χ3n) is 7.46. The molecule has 9 nitrogen and oxygen atoms in total. The topological polar surface area (TPSA) is 104 Å². The summed E-state index contributed by atoms with van der Waals surface area (Å²) in [5.41, 5.74) is 10.6. The van der Waals surface area contributed by atoms with Gasteiger partial charge in [0.05, 0.1) is 57.0 Å². The van der Waals surface area contributed by atoms with E-state index in [1.54, 1.807) is 41.2 Å². The number of nitrogen functional groups attached to an aromatic ring is 1. The molecule has 2 N–H and O–H groups in total. The van der Waals surface area contributed by atoms with Crippen LogP contribution in [0.3, 0.4) is 0 Å². The van der Waals surface area contributed by atoms with Crippen LogP contribution in [0.4, 0.5) is 5.82 Å². The lowest BCUT2D eigenvalue weighted by molar-refractivity contribution is 0.0709. The van der Waals surface area contributed by atoms with Crippen LogP contribution < -0.4 is 10.5 Å². The number of halogens is 1. The summed E-state index contributed by atoms with van der Waals surface area (Å²) in [6.45, 7) is 0.345. The minimum Gasteiger partial charge on any atom is -0.491 e. The second kappa shape index (κ2) is 8.75. The maximum absolute atomic E-state index is 13.7. The van der Waals surface area contributed by atoms with E-state index < -0.39 is 0 Å². The number of anilines is 1. The first-order chi connectivity index (χ1) is 18.9. The Hall–Kier alpha value is -4.55. The summed E-state index contributed by atoms with van der Waals surface area (Å²) in [5, 5.41) is 10.5. The van der Waals surface area contributed by atoms with E-state index >= 15 is 0 Å². The monoisotopic (exact) mass is 537 g/mol. The Kier molecular flexibility index (Phi) is 5.28. The molecule has 39 heavy (non-hydrogen) atoms. The molecular formula is C29H24ClN7O2. The van der Waals surface area contributed by atoms with Crippen LogP contribution in [-0.4, -0.2) is 49.0 Å². The molecule has 10 heteroatoms. The second-order valence-corrected chi connectivity index (χ2v) is 10.5. The van der Waals surface area contributed by atoms with Gasteiger partial charge in [-0.3, -0.25) is 14.2 Å². The predicted octanol–water partition coefficient (Wildman–Crippen LogP) is 4.49. The number of benzene rings is 2. The highest BCUT2D eigenvalue weighted by Crippen LogP contribution is 2.38. The molecule has 1 saturated carbocycles. The molecule has 0 unspecified atom stereocenters. The molecular weight excluding hydrogens is 514 g/mol. The Morgan fingerprint density at radius 3 is 2.77 bits per heavy atom. The van der Waals surface area contributed by atoms with E-state index in [0.717, 1.165) is 38.7 Å². The normalized spacial score (nSPS) is 16.1. The lowest BCUT2D eigenvalue weighted by atomic mass is 10.0. The summed E-state index contributed by atoms with van der Waals surface area (Å²) in [6.07, 6.45) is 7.83. The number of ether oxygens (including phenoxy) is 1. The molecule has 1 amide bonds. The van der Waals surface area contributed by atoms with Crippen molar-refractivity contribution >= 4 is 45.1 Å². The molecule has 3 aromatic heterocycles. The van der Waals surface area contributed by atoms with Crippen molar-refractivity contribution in [3.63, 3.8) is 0 Å². The zero-order valence-corrected chi connectivity index (χ0v) is 22.1. The summed E-state index contributed by atoms with van der Waals surface area (Å²) >= 11 is 6.59. The van der Waals surface area contributed by atoms with Gasteiger partial charge in [-0.15, -0.1) is 0 Å². The number of carbonyl (C=O) groups is 1. The molecule has 5 aromatic rings. The van der Waals surface area contributed by atoms with Crippen LogP contribution >= 0.6 is 11.6 Å². The zero-order valence-electron chi connectivity index (χ0n) is 21.3. The Morgan fingerprint density at radius 2 is 1.95 bits per heavy atom. The molecule has 194 valence electrons. The lowest BCUT2D eigenvalue weighted by Gasteiger charge is -2.24. The molecule has 0 spiro atoms. The molecule has 0 bridgehead atoms. The SMILES string of the molecule is CN(C(=O)c1cc2c(cc1Cl)nc(N)c1cnn(C)c12)[C@@H]1COc2cc(C#Cc3cnn(C4CC4)c3)ccc21. The third-order valence-corrected chi connectivity index (χ3v) is 7.77. The Morgan fingerprint density at radius 1 is 1.13 bits per heavy atom. The number of fused-ring (bicyclic) bond motifs is 4. The van der Waals surface area contributed by atoms with Gasteiger partial charge in [-0.05, 0) is 37.1 Å². The second-order valence-electron chi connectivity index (χ2n) is 10.1. The average molecular weight is 538 g/mol. The Balaban J connectivity index is 1.17. The zero-order chi connectivity index (χ0) is 26.8. The van der Waals surface area contributed by atoms with Crippen LogP contribution in [-0.2, 0) is 7.05 Å². The van der Waals surface area contributed by atoms with Gasteiger partial charge in [0.15, 0.2) is 0 Å². The third kappa shape index (κ3) is 3.96. The van der Waals surface area contributed by atoms with Crippen molar-refractivity contribution in [1.29, 1.82) is 0 Å². The van der Waals surface area contributed by atoms with Gasteiger partial charge in [0.25, 0.3) is 5.91 Å². The molecule has 4 heterocycles. The van der Waals surface area contributed by atoms with Crippen molar-refractivity contribution in [2.24, 2.45) is 7.05 Å². The largest absolute Gasteiger partial charge is 0.491 e. The van der Waals surface area contributed by atoms with Crippen molar-refractivity contribution in [3.8, 4) is 17.6 Å². The maximum Gasteiger partial charge on any atom is 0.255 e. The number of nitrogens with two attached hydrogens (primary N) is 1. The highest BCUT2D eigenvalue weighted by molar-refractivity contribution is 6.35. The van der Waals surface area contributed by atoms with Crippen LogP contribution in [0.2, 0.25) is 5.02 Å². The number of likely N-dealkylation sites (N-methyl/N-ethyl adjacent to an activating group) is 1. The molecule has 7 rings (SSSR count). The van der Waals surface area contributed by atoms with Crippen LogP contribution in [0.25, 0.3) is 21.8 Å². The first-order valence-corrected chi connectivity index (χ1v) is 13.1. The first-order valence-electron chi connectivity index (χ1n) is 12.7. The van der Waals surface area contributed by atoms with E-state index in [9.17, 15) is 4.79 Å². The molecule has 1 atom stereocenters. The fraction of sp³-hybridized carbons (Fsp3) is 0.241. The fourth-order valence-corrected chi connectivity index (χ4v) is 5.39. The van der Waals surface area contributed by atoms with E-state index in [0.29, 0.717) is 34.6 Å².